The first-order chi connectivity index (χ1) is 9.47. The molecule has 21 heavy (non-hydrogen) atoms. The van der Waals surface area contributed by atoms with Crippen molar-refractivity contribution in [1.29, 1.82) is 0 Å². The fraction of sp³-hybridized carbons (Fsp3) is 0.636. The van der Waals surface area contributed by atoms with Gasteiger partial charge in [-0.15, -0.1) is 11.3 Å². The largest absolute Gasteiger partial charge is 1.00 e. The van der Waals surface area contributed by atoms with Crippen LogP contribution in [0.15, 0.2) is 10.8 Å². The maximum atomic E-state index is 12.8. The summed E-state index contributed by atoms with van der Waals surface area (Å²) in [6, 6.07) is 0. The van der Waals surface area contributed by atoms with E-state index in [2.05, 4.69) is 0 Å². The van der Waals surface area contributed by atoms with Crippen molar-refractivity contribution in [1.82, 2.24) is 0 Å². The molecule has 0 fully saturated rings. The number of halogens is 1. The predicted octanol–water partition coefficient (Wildman–Crippen LogP) is -1.47. The van der Waals surface area contributed by atoms with Crippen molar-refractivity contribution in [3.05, 3.63) is 10.8 Å². The van der Waals surface area contributed by atoms with Gasteiger partial charge in [-0.05, 0) is 12.8 Å². The van der Waals surface area contributed by atoms with Crippen molar-refractivity contribution >= 4 is 21.5 Å². The zero-order valence-electron chi connectivity index (χ0n) is 11.5. The number of hydrogen-bond acceptors (Lipinski definition) is 7. The smallest absolute Gasteiger partial charge is 0.746 e. The molecule has 0 N–H and O–H groups in total. The van der Waals surface area contributed by atoms with Crippen LogP contribution in [0.1, 0.15) is 12.8 Å². The Hall–Kier alpha value is 0.736. The van der Waals surface area contributed by atoms with E-state index < -0.39 is 15.6 Å². The molecule has 0 radical (unpaired) electrons. The van der Waals surface area contributed by atoms with E-state index in [0.717, 1.165) is 0 Å². The van der Waals surface area contributed by atoms with Gasteiger partial charge < -0.3 is 18.8 Å². The predicted molar refractivity (Wildman–Crippen MR) is 68.9 cm³/mol. The van der Waals surface area contributed by atoms with E-state index in [4.69, 9.17) is 14.2 Å². The number of fused-ring (bicyclic) bond motifs is 1. The Morgan fingerprint density at radius 1 is 1.48 bits per heavy atom. The summed E-state index contributed by atoms with van der Waals surface area (Å²) in [5.41, 5.74) is -2.37. The van der Waals surface area contributed by atoms with Crippen LogP contribution >= 0.6 is 11.3 Å². The molecule has 1 aromatic rings. The fourth-order valence-electron chi connectivity index (χ4n) is 1.65. The van der Waals surface area contributed by atoms with Crippen molar-refractivity contribution in [3.8, 4) is 11.5 Å². The van der Waals surface area contributed by atoms with Crippen LogP contribution in [0.2, 0.25) is 0 Å². The van der Waals surface area contributed by atoms with Gasteiger partial charge in [0.15, 0.2) is 23.1 Å². The van der Waals surface area contributed by atoms with Gasteiger partial charge in [0.1, 0.15) is 16.7 Å². The molecule has 0 saturated heterocycles. The van der Waals surface area contributed by atoms with E-state index >= 15 is 0 Å². The number of rotatable bonds is 7. The molecular formula is C11H14FKO6S2. The first-order valence-electron chi connectivity index (χ1n) is 5.99. The van der Waals surface area contributed by atoms with E-state index in [-0.39, 0.29) is 83.5 Å². The summed E-state index contributed by atoms with van der Waals surface area (Å²) in [6.07, 6.45) is -0.454. The second-order valence-corrected chi connectivity index (χ2v) is 6.51. The van der Waals surface area contributed by atoms with Gasteiger partial charge in [0.2, 0.25) is 0 Å². The maximum Gasteiger partial charge on any atom is 1.00 e. The monoisotopic (exact) mass is 364 g/mol. The van der Waals surface area contributed by atoms with Crippen LogP contribution in [0, 0.1) is 0 Å². The second kappa shape index (κ2) is 9.13. The Balaban J connectivity index is 0.00000220. The first-order valence-corrected chi connectivity index (χ1v) is 8.40. The standard InChI is InChI=1S/C11H15FO6S2.K/c12-11(20(13,14)15)2-1-3-16-4-8-5-17-9-6-19-7-10(9)18-8;/h6-8,11H,1-5H2,(H,13,14,15);/q;+1/p-1. The molecule has 0 spiro atoms. The van der Waals surface area contributed by atoms with E-state index in [1.165, 1.54) is 11.3 Å². The molecule has 0 aliphatic carbocycles. The molecule has 1 aliphatic heterocycles. The Labute approximate surface area is 169 Å². The Morgan fingerprint density at radius 2 is 2.19 bits per heavy atom. The molecule has 1 aromatic heterocycles. The summed E-state index contributed by atoms with van der Waals surface area (Å²) in [4.78, 5) is 0. The van der Waals surface area contributed by atoms with Gasteiger partial charge in [-0.2, -0.15) is 0 Å². The van der Waals surface area contributed by atoms with Crippen LogP contribution in [0.3, 0.4) is 0 Å². The summed E-state index contributed by atoms with van der Waals surface area (Å²) in [6.45, 7) is 0.785. The average molecular weight is 364 g/mol. The third-order valence-corrected chi connectivity index (χ3v) is 4.21. The molecule has 2 unspecified atom stereocenters. The maximum absolute atomic E-state index is 12.8. The fourth-order valence-corrected chi connectivity index (χ4v) is 2.77. The molecule has 0 amide bonds. The van der Waals surface area contributed by atoms with Crippen molar-refractivity contribution in [3.63, 3.8) is 0 Å². The molecule has 2 rings (SSSR count). The van der Waals surface area contributed by atoms with Crippen molar-refractivity contribution in [2.45, 2.75) is 24.4 Å². The van der Waals surface area contributed by atoms with E-state index in [1.54, 1.807) is 0 Å². The molecule has 6 nitrogen and oxygen atoms in total. The zero-order chi connectivity index (χ0) is 14.6. The SMILES string of the molecule is O=S(=O)([O-])C(F)CCCOCC1COc2cscc2O1.[K+]. The Bertz CT molecular complexity index is 535. The van der Waals surface area contributed by atoms with Gasteiger partial charge in [-0.3, -0.25) is 0 Å². The normalized spacial score (nSPS) is 18.9. The van der Waals surface area contributed by atoms with Crippen LogP contribution < -0.4 is 60.9 Å². The van der Waals surface area contributed by atoms with E-state index in [0.29, 0.717) is 18.1 Å². The molecule has 0 aromatic carbocycles. The summed E-state index contributed by atoms with van der Waals surface area (Å²) in [5.74, 6) is 1.39. The number of thiophene rings is 1. The van der Waals surface area contributed by atoms with Gasteiger partial charge in [0.25, 0.3) is 0 Å². The molecule has 2 atom stereocenters. The summed E-state index contributed by atoms with van der Waals surface area (Å²) >= 11 is 1.48. The van der Waals surface area contributed by atoms with Crippen LogP contribution in [-0.4, -0.2) is 44.4 Å². The number of ether oxygens (including phenoxy) is 3. The molecule has 10 heteroatoms. The van der Waals surface area contributed by atoms with E-state index in [1.807, 2.05) is 10.8 Å². The summed E-state index contributed by atoms with van der Waals surface area (Å²) in [5, 5.41) is 3.67. The number of hydrogen-bond donors (Lipinski definition) is 0. The van der Waals surface area contributed by atoms with Gasteiger partial charge in [-0.1, -0.05) is 0 Å². The topological polar surface area (TPSA) is 84.9 Å². The van der Waals surface area contributed by atoms with E-state index in [9.17, 15) is 17.4 Å². The Kier molecular flexibility index (Phi) is 8.60. The minimum absolute atomic E-state index is 0. The number of alkyl halides is 1. The first kappa shape index (κ1) is 19.8. The van der Waals surface area contributed by atoms with Crippen LogP contribution in [0.25, 0.3) is 0 Å². The Morgan fingerprint density at radius 3 is 2.90 bits per heavy atom. The van der Waals surface area contributed by atoms with Gasteiger partial charge in [0.05, 0.1) is 6.61 Å². The van der Waals surface area contributed by atoms with Crippen LogP contribution in [-0.2, 0) is 14.9 Å². The molecule has 2 heterocycles. The zero-order valence-corrected chi connectivity index (χ0v) is 16.2. The second-order valence-electron chi connectivity index (χ2n) is 4.27. The summed E-state index contributed by atoms with van der Waals surface area (Å²) in [7, 11) is -4.85. The quantitative estimate of drug-likeness (QED) is 0.334. The van der Waals surface area contributed by atoms with Crippen molar-refractivity contribution in [2.24, 2.45) is 0 Å². The van der Waals surface area contributed by atoms with Crippen molar-refractivity contribution < 1.29 is 83.0 Å². The average Bonchev–Trinajstić information content (AvgIpc) is 2.84. The van der Waals surface area contributed by atoms with Crippen molar-refractivity contribution in [2.75, 3.05) is 19.8 Å². The van der Waals surface area contributed by atoms with Gasteiger partial charge >= 0.3 is 51.4 Å². The van der Waals surface area contributed by atoms with Gasteiger partial charge in [-0.25, -0.2) is 12.8 Å². The minimum atomic E-state index is -4.85. The third-order valence-electron chi connectivity index (χ3n) is 2.65. The molecular weight excluding hydrogens is 350 g/mol. The summed E-state index contributed by atoms with van der Waals surface area (Å²) < 4.78 is 60.1. The molecule has 0 bridgehead atoms. The molecule has 0 saturated carbocycles. The molecule has 1 aliphatic rings. The molecule has 114 valence electrons. The third kappa shape index (κ3) is 6.40. The van der Waals surface area contributed by atoms with Gasteiger partial charge in [0, 0.05) is 17.4 Å². The van der Waals surface area contributed by atoms with Crippen LogP contribution in [0.5, 0.6) is 11.5 Å². The minimum Gasteiger partial charge on any atom is -0.746 e. The van der Waals surface area contributed by atoms with Crippen LogP contribution in [0.4, 0.5) is 4.39 Å².